The molecule has 1 aromatic heterocycles. The van der Waals surface area contributed by atoms with E-state index in [2.05, 4.69) is 15.3 Å². The first-order valence-electron chi connectivity index (χ1n) is 7.67. The molecule has 1 aromatic carbocycles. The zero-order chi connectivity index (χ0) is 19.3. The van der Waals surface area contributed by atoms with Crippen molar-refractivity contribution >= 4 is 29.2 Å². The van der Waals surface area contributed by atoms with Crippen molar-refractivity contribution in [2.24, 2.45) is 5.73 Å². The summed E-state index contributed by atoms with van der Waals surface area (Å²) in [5, 5.41) is 2.29. The number of halogens is 4. The number of aromatic nitrogens is 2. The van der Waals surface area contributed by atoms with Gasteiger partial charge in [-0.05, 0) is 36.1 Å². The molecule has 0 aliphatic carbocycles. The predicted molar refractivity (Wildman–Crippen MR) is 90.6 cm³/mol. The summed E-state index contributed by atoms with van der Waals surface area (Å²) in [5.74, 6) is -0.402. The quantitative estimate of drug-likeness (QED) is 0.700. The van der Waals surface area contributed by atoms with Gasteiger partial charge in [0.05, 0.1) is 0 Å². The van der Waals surface area contributed by atoms with Crippen molar-refractivity contribution in [2.75, 3.05) is 5.32 Å². The van der Waals surface area contributed by atoms with E-state index in [1.165, 1.54) is 12.1 Å². The van der Waals surface area contributed by atoms with Gasteiger partial charge in [0.15, 0.2) is 0 Å². The summed E-state index contributed by atoms with van der Waals surface area (Å²) >= 11 is 5.64. The van der Waals surface area contributed by atoms with Gasteiger partial charge in [-0.2, -0.15) is 18.2 Å². The predicted octanol–water partition coefficient (Wildman–Crippen LogP) is 4.69. The van der Waals surface area contributed by atoms with Gasteiger partial charge < -0.3 is 15.8 Å². The van der Waals surface area contributed by atoms with Gasteiger partial charge in [-0.1, -0.05) is 19.4 Å². The third-order valence-electron chi connectivity index (χ3n) is 3.42. The SMILES string of the molecule is CCCCc1ccc(OC(N)=O)cc1Nc1nc(Cl)ncc1C(F)(F)F. The molecule has 0 unspecified atom stereocenters. The molecular formula is C16H16ClF3N4O2. The highest BCUT2D eigenvalue weighted by Crippen LogP contribution is 2.36. The molecule has 140 valence electrons. The van der Waals surface area contributed by atoms with E-state index in [0.717, 1.165) is 18.4 Å². The number of ether oxygens (including phenoxy) is 1. The highest BCUT2D eigenvalue weighted by Gasteiger charge is 2.35. The Morgan fingerprint density at radius 3 is 2.73 bits per heavy atom. The number of unbranched alkanes of at least 4 members (excludes halogenated alkanes) is 1. The fourth-order valence-corrected chi connectivity index (χ4v) is 2.36. The number of amides is 1. The van der Waals surface area contributed by atoms with Crippen molar-refractivity contribution < 1.29 is 22.7 Å². The Bertz CT molecular complexity index is 800. The van der Waals surface area contributed by atoms with Gasteiger partial charge in [0.25, 0.3) is 0 Å². The monoisotopic (exact) mass is 388 g/mol. The molecule has 2 rings (SSSR count). The lowest BCUT2D eigenvalue weighted by atomic mass is 10.1. The van der Waals surface area contributed by atoms with E-state index in [-0.39, 0.29) is 11.0 Å². The topological polar surface area (TPSA) is 90.1 Å². The largest absolute Gasteiger partial charge is 0.421 e. The molecule has 1 amide bonds. The normalized spacial score (nSPS) is 11.3. The molecule has 0 radical (unpaired) electrons. The Labute approximate surface area is 152 Å². The van der Waals surface area contributed by atoms with Gasteiger partial charge in [0.1, 0.15) is 17.1 Å². The zero-order valence-electron chi connectivity index (χ0n) is 13.7. The number of nitrogens with two attached hydrogens (primary N) is 1. The van der Waals surface area contributed by atoms with Gasteiger partial charge in [-0.25, -0.2) is 9.78 Å². The van der Waals surface area contributed by atoms with Crippen LogP contribution in [0.3, 0.4) is 0 Å². The molecule has 0 atom stereocenters. The number of nitrogens with one attached hydrogen (secondary N) is 1. The van der Waals surface area contributed by atoms with E-state index in [1.807, 2.05) is 6.92 Å². The summed E-state index contributed by atoms with van der Waals surface area (Å²) in [4.78, 5) is 17.9. The molecule has 2 aromatic rings. The number of hydrogen-bond acceptors (Lipinski definition) is 5. The van der Waals surface area contributed by atoms with Gasteiger partial charge in [0.2, 0.25) is 5.28 Å². The van der Waals surface area contributed by atoms with Crippen molar-refractivity contribution in [1.82, 2.24) is 9.97 Å². The van der Waals surface area contributed by atoms with Crippen LogP contribution in [-0.4, -0.2) is 16.1 Å². The second kappa shape index (κ2) is 8.22. The Morgan fingerprint density at radius 2 is 2.12 bits per heavy atom. The van der Waals surface area contributed by atoms with E-state index in [4.69, 9.17) is 22.1 Å². The first-order chi connectivity index (χ1) is 12.2. The van der Waals surface area contributed by atoms with Crippen molar-refractivity contribution in [3.63, 3.8) is 0 Å². The molecule has 0 aliphatic rings. The number of alkyl halides is 3. The second-order valence-electron chi connectivity index (χ2n) is 5.37. The molecule has 6 nitrogen and oxygen atoms in total. The fraction of sp³-hybridized carbons (Fsp3) is 0.312. The van der Waals surface area contributed by atoms with Crippen LogP contribution in [0.5, 0.6) is 5.75 Å². The minimum atomic E-state index is -4.67. The summed E-state index contributed by atoms with van der Waals surface area (Å²) in [5.41, 5.74) is 4.94. The standard InChI is InChI=1S/C16H16ClF3N4O2/c1-2-3-4-9-5-6-10(26-15(21)25)7-12(9)23-13-11(16(18,19)20)8-22-14(17)24-13/h5-8H,2-4H2,1H3,(H2,21,25)(H,22,23,24). The van der Waals surface area contributed by atoms with Crippen LogP contribution in [0.4, 0.5) is 29.5 Å². The van der Waals surface area contributed by atoms with Crippen LogP contribution in [-0.2, 0) is 12.6 Å². The molecule has 0 bridgehead atoms. The van der Waals surface area contributed by atoms with Crippen LogP contribution in [0.2, 0.25) is 5.28 Å². The second-order valence-corrected chi connectivity index (χ2v) is 5.71. The van der Waals surface area contributed by atoms with E-state index in [0.29, 0.717) is 18.3 Å². The number of carbonyl (C=O) groups is 1. The van der Waals surface area contributed by atoms with Crippen molar-refractivity contribution in [2.45, 2.75) is 32.4 Å². The summed E-state index contributed by atoms with van der Waals surface area (Å²) in [6, 6.07) is 4.54. The summed E-state index contributed by atoms with van der Waals surface area (Å²) in [7, 11) is 0. The Morgan fingerprint density at radius 1 is 1.38 bits per heavy atom. The maximum absolute atomic E-state index is 13.2. The lowest BCUT2D eigenvalue weighted by molar-refractivity contribution is -0.137. The van der Waals surface area contributed by atoms with Crippen molar-refractivity contribution in [3.8, 4) is 5.75 Å². The highest BCUT2D eigenvalue weighted by molar-refractivity contribution is 6.28. The van der Waals surface area contributed by atoms with Crippen LogP contribution < -0.4 is 15.8 Å². The maximum Gasteiger partial charge on any atom is 0.421 e. The summed E-state index contributed by atoms with van der Waals surface area (Å²) in [6.45, 7) is 1.99. The average molecular weight is 389 g/mol. The first-order valence-corrected chi connectivity index (χ1v) is 8.05. The Hall–Kier alpha value is -2.55. The minimum absolute atomic E-state index is 0.0916. The van der Waals surface area contributed by atoms with Crippen LogP contribution in [0.25, 0.3) is 0 Å². The molecule has 0 spiro atoms. The van der Waals surface area contributed by atoms with E-state index in [1.54, 1.807) is 6.07 Å². The molecule has 1 heterocycles. The van der Waals surface area contributed by atoms with Crippen LogP contribution in [0.15, 0.2) is 24.4 Å². The van der Waals surface area contributed by atoms with Crippen molar-refractivity contribution in [1.29, 1.82) is 0 Å². The maximum atomic E-state index is 13.2. The first kappa shape index (κ1) is 19.8. The number of primary amides is 1. The van der Waals surface area contributed by atoms with Gasteiger partial charge in [-0.3, -0.25) is 0 Å². The van der Waals surface area contributed by atoms with Gasteiger partial charge in [0, 0.05) is 18.0 Å². The average Bonchev–Trinajstić information content (AvgIpc) is 2.52. The molecule has 0 aliphatic heterocycles. The summed E-state index contributed by atoms with van der Waals surface area (Å²) < 4.78 is 44.4. The number of rotatable bonds is 6. The number of aryl methyl sites for hydroxylation is 1. The van der Waals surface area contributed by atoms with E-state index >= 15 is 0 Å². The summed E-state index contributed by atoms with van der Waals surface area (Å²) in [6.07, 6.45) is -2.77. The lowest BCUT2D eigenvalue weighted by Gasteiger charge is -2.16. The number of hydrogen-bond donors (Lipinski definition) is 2. The Balaban J connectivity index is 2.46. The van der Waals surface area contributed by atoms with Gasteiger partial charge >= 0.3 is 12.3 Å². The number of anilines is 2. The van der Waals surface area contributed by atoms with E-state index in [9.17, 15) is 18.0 Å². The number of benzene rings is 1. The smallest absolute Gasteiger partial charge is 0.410 e. The van der Waals surface area contributed by atoms with Crippen LogP contribution in [0.1, 0.15) is 30.9 Å². The molecule has 10 heteroatoms. The fourth-order valence-electron chi connectivity index (χ4n) is 2.23. The number of carbonyl (C=O) groups excluding carboxylic acids is 1. The third kappa shape index (κ3) is 5.22. The molecule has 0 saturated carbocycles. The molecule has 26 heavy (non-hydrogen) atoms. The van der Waals surface area contributed by atoms with Crippen molar-refractivity contribution in [3.05, 3.63) is 40.8 Å². The van der Waals surface area contributed by atoms with Crippen LogP contribution >= 0.6 is 11.6 Å². The molecule has 3 N–H and O–H groups in total. The minimum Gasteiger partial charge on any atom is -0.410 e. The highest BCUT2D eigenvalue weighted by atomic mass is 35.5. The van der Waals surface area contributed by atoms with Gasteiger partial charge in [-0.15, -0.1) is 0 Å². The molecule has 0 saturated heterocycles. The molecule has 0 fully saturated rings. The van der Waals surface area contributed by atoms with E-state index < -0.39 is 23.7 Å². The third-order valence-corrected chi connectivity index (χ3v) is 3.60. The number of nitrogens with zero attached hydrogens (tertiary/aromatic N) is 2. The Kier molecular flexibility index (Phi) is 6.25. The molecular weight excluding hydrogens is 373 g/mol. The van der Waals surface area contributed by atoms with Crippen LogP contribution in [0, 0.1) is 0 Å². The lowest BCUT2D eigenvalue weighted by Crippen LogP contribution is -2.16. The zero-order valence-corrected chi connectivity index (χ0v) is 14.5.